The van der Waals surface area contributed by atoms with Crippen molar-refractivity contribution in [3.63, 3.8) is 0 Å². The first-order valence-electron chi connectivity index (χ1n) is 6.15. The van der Waals surface area contributed by atoms with Crippen LogP contribution in [0.25, 0.3) is 0 Å². The molecule has 1 amide bonds. The molecule has 3 nitrogen and oxygen atoms in total. The summed E-state index contributed by atoms with van der Waals surface area (Å²) >= 11 is 0. The minimum Gasteiger partial charge on any atom is -0.353 e. The van der Waals surface area contributed by atoms with Gasteiger partial charge in [0.05, 0.1) is 6.04 Å². The molecule has 15 heavy (non-hydrogen) atoms. The predicted octanol–water partition coefficient (Wildman–Crippen LogP) is 1.81. The van der Waals surface area contributed by atoms with Crippen LogP contribution < -0.4 is 11.1 Å². The zero-order valence-corrected chi connectivity index (χ0v) is 9.96. The summed E-state index contributed by atoms with van der Waals surface area (Å²) in [6.45, 7) is 3.93. The fraction of sp³-hybridized carbons (Fsp3) is 0.917. The lowest BCUT2D eigenvalue weighted by Gasteiger charge is -2.24. The van der Waals surface area contributed by atoms with Gasteiger partial charge in [0.2, 0.25) is 5.91 Å². The molecule has 3 N–H and O–H groups in total. The van der Waals surface area contributed by atoms with Crippen LogP contribution in [-0.2, 0) is 4.79 Å². The second-order valence-corrected chi connectivity index (χ2v) is 5.01. The largest absolute Gasteiger partial charge is 0.353 e. The maximum atomic E-state index is 11.6. The minimum atomic E-state index is -0.310. The summed E-state index contributed by atoms with van der Waals surface area (Å²) in [5.41, 5.74) is 5.88. The van der Waals surface area contributed by atoms with Gasteiger partial charge in [0, 0.05) is 6.04 Å². The van der Waals surface area contributed by atoms with Crippen molar-refractivity contribution in [3.8, 4) is 0 Å². The quantitative estimate of drug-likeness (QED) is 0.746. The van der Waals surface area contributed by atoms with Gasteiger partial charge in [0.15, 0.2) is 0 Å². The van der Waals surface area contributed by atoms with Crippen LogP contribution in [0.15, 0.2) is 0 Å². The Kier molecular flexibility index (Phi) is 5.09. The molecule has 88 valence electrons. The molecule has 0 saturated heterocycles. The molecule has 1 unspecified atom stereocenters. The van der Waals surface area contributed by atoms with E-state index in [1.54, 1.807) is 0 Å². The van der Waals surface area contributed by atoms with E-state index in [9.17, 15) is 4.79 Å². The lowest BCUT2D eigenvalue weighted by molar-refractivity contribution is -0.123. The molecule has 0 radical (unpaired) electrons. The lowest BCUT2D eigenvalue weighted by atomic mass is 9.85. The van der Waals surface area contributed by atoms with Crippen molar-refractivity contribution in [2.24, 2.45) is 11.7 Å². The molecule has 0 bridgehead atoms. The number of nitrogens with two attached hydrogens (primary N) is 1. The summed E-state index contributed by atoms with van der Waals surface area (Å²) in [5, 5.41) is 2.87. The standard InChI is InChI=1S/C12H24N2O/c1-9(2)14-12(15)11(13)8-10-6-4-3-5-7-10/h9-11H,3-8,13H2,1-2H3,(H,14,15). The molecule has 1 fully saturated rings. The van der Waals surface area contributed by atoms with Crippen molar-refractivity contribution in [2.45, 2.75) is 64.5 Å². The highest BCUT2D eigenvalue weighted by molar-refractivity contribution is 5.81. The molecule has 0 aromatic heterocycles. The molecule has 0 aromatic rings. The third-order valence-corrected chi connectivity index (χ3v) is 3.08. The maximum Gasteiger partial charge on any atom is 0.237 e. The van der Waals surface area contributed by atoms with E-state index in [4.69, 9.17) is 5.73 Å². The minimum absolute atomic E-state index is 0.00979. The van der Waals surface area contributed by atoms with Gasteiger partial charge < -0.3 is 11.1 Å². The van der Waals surface area contributed by atoms with Crippen LogP contribution in [0.2, 0.25) is 0 Å². The Hall–Kier alpha value is -0.570. The average Bonchev–Trinajstić information content (AvgIpc) is 2.18. The summed E-state index contributed by atoms with van der Waals surface area (Å²) in [6, 6.07) is -0.120. The first-order valence-corrected chi connectivity index (χ1v) is 6.15. The highest BCUT2D eigenvalue weighted by atomic mass is 16.2. The Morgan fingerprint density at radius 1 is 1.33 bits per heavy atom. The van der Waals surface area contributed by atoms with Crippen LogP contribution in [0, 0.1) is 5.92 Å². The van der Waals surface area contributed by atoms with E-state index in [2.05, 4.69) is 5.32 Å². The van der Waals surface area contributed by atoms with Crippen LogP contribution in [0.3, 0.4) is 0 Å². The molecular formula is C12H24N2O. The Balaban J connectivity index is 2.26. The monoisotopic (exact) mass is 212 g/mol. The van der Waals surface area contributed by atoms with Crippen molar-refractivity contribution in [3.05, 3.63) is 0 Å². The lowest BCUT2D eigenvalue weighted by Crippen LogP contribution is -2.44. The van der Waals surface area contributed by atoms with Crippen molar-refractivity contribution >= 4 is 5.91 Å². The van der Waals surface area contributed by atoms with Gasteiger partial charge in [-0.2, -0.15) is 0 Å². The summed E-state index contributed by atoms with van der Waals surface area (Å²) in [4.78, 5) is 11.6. The smallest absolute Gasteiger partial charge is 0.237 e. The molecule has 1 saturated carbocycles. The first-order chi connectivity index (χ1) is 7.09. The van der Waals surface area contributed by atoms with Gasteiger partial charge >= 0.3 is 0 Å². The molecular weight excluding hydrogens is 188 g/mol. The van der Waals surface area contributed by atoms with Gasteiger partial charge in [-0.25, -0.2) is 0 Å². The number of hydrogen-bond donors (Lipinski definition) is 2. The first kappa shape index (κ1) is 12.5. The van der Waals surface area contributed by atoms with Crippen LogP contribution in [-0.4, -0.2) is 18.0 Å². The van der Waals surface area contributed by atoms with Gasteiger partial charge in [-0.3, -0.25) is 4.79 Å². The number of rotatable bonds is 4. The predicted molar refractivity (Wildman–Crippen MR) is 62.4 cm³/mol. The fourth-order valence-electron chi connectivity index (χ4n) is 2.28. The third-order valence-electron chi connectivity index (χ3n) is 3.08. The second kappa shape index (κ2) is 6.11. The molecule has 1 aliphatic carbocycles. The molecule has 1 atom stereocenters. The number of hydrogen-bond acceptors (Lipinski definition) is 2. The van der Waals surface area contributed by atoms with Gasteiger partial charge in [0.1, 0.15) is 0 Å². The van der Waals surface area contributed by atoms with E-state index in [1.807, 2.05) is 13.8 Å². The summed E-state index contributed by atoms with van der Waals surface area (Å²) in [5.74, 6) is 0.683. The number of amides is 1. The molecule has 0 spiro atoms. The average molecular weight is 212 g/mol. The van der Waals surface area contributed by atoms with Gasteiger partial charge in [-0.05, 0) is 26.2 Å². The van der Waals surface area contributed by atoms with Crippen molar-refractivity contribution in [2.75, 3.05) is 0 Å². The van der Waals surface area contributed by atoms with E-state index in [1.165, 1.54) is 32.1 Å². The molecule has 1 aliphatic rings. The molecule has 0 heterocycles. The summed E-state index contributed by atoms with van der Waals surface area (Å²) in [6.07, 6.45) is 7.33. The second-order valence-electron chi connectivity index (χ2n) is 5.01. The van der Waals surface area contributed by atoms with Crippen molar-refractivity contribution < 1.29 is 4.79 Å². The molecule has 0 aliphatic heterocycles. The Labute approximate surface area is 92.8 Å². The zero-order chi connectivity index (χ0) is 11.3. The van der Waals surface area contributed by atoms with E-state index in [0.717, 1.165) is 6.42 Å². The van der Waals surface area contributed by atoms with Crippen molar-refractivity contribution in [1.82, 2.24) is 5.32 Å². The topological polar surface area (TPSA) is 55.1 Å². The van der Waals surface area contributed by atoms with Gasteiger partial charge in [0.25, 0.3) is 0 Å². The maximum absolute atomic E-state index is 11.6. The Morgan fingerprint density at radius 2 is 1.93 bits per heavy atom. The Morgan fingerprint density at radius 3 is 2.47 bits per heavy atom. The summed E-state index contributed by atoms with van der Waals surface area (Å²) in [7, 11) is 0. The normalized spacial score (nSPS) is 20.3. The molecule has 3 heteroatoms. The number of nitrogens with one attached hydrogen (secondary N) is 1. The van der Waals surface area contributed by atoms with Gasteiger partial charge in [-0.15, -0.1) is 0 Å². The Bertz CT molecular complexity index is 198. The van der Waals surface area contributed by atoms with Crippen LogP contribution in [0.1, 0.15) is 52.4 Å². The number of carbonyl (C=O) groups excluding carboxylic acids is 1. The van der Waals surface area contributed by atoms with Crippen LogP contribution in [0.5, 0.6) is 0 Å². The van der Waals surface area contributed by atoms with Crippen molar-refractivity contribution in [1.29, 1.82) is 0 Å². The third kappa shape index (κ3) is 4.65. The van der Waals surface area contributed by atoms with E-state index in [0.29, 0.717) is 5.92 Å². The zero-order valence-electron chi connectivity index (χ0n) is 9.96. The highest BCUT2D eigenvalue weighted by Crippen LogP contribution is 2.26. The SMILES string of the molecule is CC(C)NC(=O)C(N)CC1CCCCC1. The molecule has 0 aromatic carbocycles. The van der Waals surface area contributed by atoms with E-state index >= 15 is 0 Å². The fourth-order valence-corrected chi connectivity index (χ4v) is 2.28. The van der Waals surface area contributed by atoms with E-state index < -0.39 is 0 Å². The molecule has 1 rings (SSSR count). The number of carbonyl (C=O) groups is 1. The van der Waals surface area contributed by atoms with E-state index in [-0.39, 0.29) is 18.0 Å². The van der Waals surface area contributed by atoms with Crippen LogP contribution in [0.4, 0.5) is 0 Å². The summed E-state index contributed by atoms with van der Waals surface area (Å²) < 4.78 is 0. The van der Waals surface area contributed by atoms with Crippen LogP contribution >= 0.6 is 0 Å². The van der Waals surface area contributed by atoms with Gasteiger partial charge in [-0.1, -0.05) is 32.1 Å². The highest BCUT2D eigenvalue weighted by Gasteiger charge is 2.21.